The molecule has 0 fully saturated rings. The molecule has 0 spiro atoms. The minimum atomic E-state index is -0.618. The molecule has 100 valence electrons. The first-order chi connectivity index (χ1) is 9.10. The molecule has 3 nitrogen and oxygen atoms in total. The van der Waals surface area contributed by atoms with Crippen LogP contribution in [0.1, 0.15) is 17.2 Å². The van der Waals surface area contributed by atoms with Gasteiger partial charge in [0.25, 0.3) is 0 Å². The first kappa shape index (κ1) is 13.7. The Morgan fingerprint density at radius 2 is 1.89 bits per heavy atom. The number of methoxy groups -OCH3 is 1. The topological polar surface area (TPSA) is 55.5 Å². The molecule has 1 atom stereocenters. The Kier molecular flexibility index (Phi) is 4.30. The van der Waals surface area contributed by atoms with E-state index in [4.69, 9.17) is 22.1 Å². The zero-order valence-corrected chi connectivity index (χ0v) is 11.4. The van der Waals surface area contributed by atoms with E-state index in [0.717, 1.165) is 16.9 Å². The summed E-state index contributed by atoms with van der Waals surface area (Å²) in [6.07, 6.45) is -0.179. The Balaban J connectivity index is 2.20. The van der Waals surface area contributed by atoms with Gasteiger partial charge in [0.15, 0.2) is 0 Å². The van der Waals surface area contributed by atoms with Crippen LogP contribution in [0.2, 0.25) is 5.02 Å². The zero-order valence-electron chi connectivity index (χ0n) is 10.6. The third kappa shape index (κ3) is 3.40. The van der Waals surface area contributed by atoms with Crippen LogP contribution in [0.25, 0.3) is 0 Å². The summed E-state index contributed by atoms with van der Waals surface area (Å²) in [5.74, 6) is 0.721. The summed E-state index contributed by atoms with van der Waals surface area (Å²) in [6.45, 7) is 0. The smallest absolute Gasteiger partial charge is 0.122 e. The number of halogens is 1. The van der Waals surface area contributed by atoms with E-state index in [1.54, 1.807) is 37.4 Å². The van der Waals surface area contributed by atoms with Crippen molar-refractivity contribution in [1.29, 1.82) is 0 Å². The fourth-order valence-electron chi connectivity index (χ4n) is 1.95. The van der Waals surface area contributed by atoms with Crippen molar-refractivity contribution in [2.45, 2.75) is 12.5 Å². The normalized spacial score (nSPS) is 12.2. The van der Waals surface area contributed by atoms with Crippen molar-refractivity contribution in [1.82, 2.24) is 0 Å². The molecule has 0 aliphatic heterocycles. The summed E-state index contributed by atoms with van der Waals surface area (Å²) in [5, 5.41) is 10.9. The maximum atomic E-state index is 10.2. The Morgan fingerprint density at radius 3 is 2.53 bits per heavy atom. The molecule has 0 amide bonds. The van der Waals surface area contributed by atoms with E-state index < -0.39 is 6.10 Å². The van der Waals surface area contributed by atoms with Gasteiger partial charge in [0.1, 0.15) is 5.75 Å². The maximum absolute atomic E-state index is 10.2. The number of aliphatic hydroxyl groups is 1. The number of hydrogen-bond acceptors (Lipinski definition) is 3. The fraction of sp³-hybridized carbons (Fsp3) is 0.200. The number of hydrogen-bond donors (Lipinski definition) is 2. The molecule has 2 aromatic carbocycles. The van der Waals surface area contributed by atoms with Crippen molar-refractivity contribution in [3.05, 3.63) is 58.6 Å². The molecule has 0 aliphatic carbocycles. The molecule has 0 heterocycles. The molecular formula is C15H16ClNO2. The summed E-state index contributed by atoms with van der Waals surface area (Å²) in [7, 11) is 1.60. The van der Waals surface area contributed by atoms with E-state index in [9.17, 15) is 5.11 Å². The average Bonchev–Trinajstić information content (AvgIpc) is 2.39. The monoisotopic (exact) mass is 277 g/mol. The number of benzene rings is 2. The number of anilines is 1. The molecule has 2 rings (SSSR count). The highest BCUT2D eigenvalue weighted by Crippen LogP contribution is 2.28. The Labute approximate surface area is 117 Å². The van der Waals surface area contributed by atoms with Gasteiger partial charge in [0.05, 0.1) is 13.2 Å². The standard InChI is InChI=1S/C15H16ClNO2/c1-19-15-7-4-12(16)8-11(15)9-14(18)10-2-5-13(17)6-3-10/h2-8,14,18H,9,17H2,1H3. The molecule has 3 N–H and O–H groups in total. The summed E-state index contributed by atoms with van der Waals surface area (Å²) in [4.78, 5) is 0. The molecule has 0 radical (unpaired) electrons. The van der Waals surface area contributed by atoms with E-state index >= 15 is 0 Å². The Bertz CT molecular complexity index is 555. The summed E-state index contributed by atoms with van der Waals surface area (Å²) in [6, 6.07) is 12.5. The van der Waals surface area contributed by atoms with E-state index in [1.165, 1.54) is 0 Å². The van der Waals surface area contributed by atoms with Gasteiger partial charge in [-0.2, -0.15) is 0 Å². The summed E-state index contributed by atoms with van der Waals surface area (Å²) in [5.41, 5.74) is 7.99. The number of ether oxygens (including phenoxy) is 1. The van der Waals surface area contributed by atoms with Crippen molar-refractivity contribution < 1.29 is 9.84 Å². The van der Waals surface area contributed by atoms with Gasteiger partial charge in [-0.1, -0.05) is 23.7 Å². The van der Waals surface area contributed by atoms with Gasteiger partial charge in [-0.15, -0.1) is 0 Å². The minimum Gasteiger partial charge on any atom is -0.496 e. The van der Waals surface area contributed by atoms with Crippen molar-refractivity contribution >= 4 is 17.3 Å². The van der Waals surface area contributed by atoms with Crippen molar-refractivity contribution in [2.75, 3.05) is 12.8 Å². The third-order valence-corrected chi connectivity index (χ3v) is 3.21. The van der Waals surface area contributed by atoms with Crippen LogP contribution in [0.15, 0.2) is 42.5 Å². The predicted molar refractivity (Wildman–Crippen MR) is 77.5 cm³/mol. The molecule has 0 bridgehead atoms. The lowest BCUT2D eigenvalue weighted by Gasteiger charge is -2.14. The second kappa shape index (κ2) is 5.95. The summed E-state index contributed by atoms with van der Waals surface area (Å²) >= 11 is 5.97. The Morgan fingerprint density at radius 1 is 1.21 bits per heavy atom. The van der Waals surface area contributed by atoms with E-state index in [1.807, 2.05) is 12.1 Å². The van der Waals surface area contributed by atoms with Gasteiger partial charge < -0.3 is 15.6 Å². The van der Waals surface area contributed by atoms with Crippen LogP contribution in [0.3, 0.4) is 0 Å². The SMILES string of the molecule is COc1ccc(Cl)cc1CC(O)c1ccc(N)cc1. The quantitative estimate of drug-likeness (QED) is 0.844. The van der Waals surface area contributed by atoms with E-state index in [-0.39, 0.29) is 0 Å². The highest BCUT2D eigenvalue weighted by atomic mass is 35.5. The molecule has 0 aliphatic rings. The van der Waals surface area contributed by atoms with Gasteiger partial charge in [0, 0.05) is 17.1 Å². The molecule has 2 aromatic rings. The van der Waals surface area contributed by atoms with Gasteiger partial charge >= 0.3 is 0 Å². The van der Waals surface area contributed by atoms with Crippen molar-refractivity contribution in [2.24, 2.45) is 0 Å². The molecule has 19 heavy (non-hydrogen) atoms. The van der Waals surface area contributed by atoms with Crippen LogP contribution in [-0.2, 0) is 6.42 Å². The van der Waals surface area contributed by atoms with E-state index in [2.05, 4.69) is 0 Å². The van der Waals surface area contributed by atoms with E-state index in [0.29, 0.717) is 17.1 Å². The largest absolute Gasteiger partial charge is 0.496 e. The van der Waals surface area contributed by atoms with Gasteiger partial charge in [-0.3, -0.25) is 0 Å². The van der Waals surface area contributed by atoms with Crippen LogP contribution in [0, 0.1) is 0 Å². The second-order valence-electron chi connectivity index (χ2n) is 4.34. The highest BCUT2D eigenvalue weighted by molar-refractivity contribution is 6.30. The van der Waals surface area contributed by atoms with Crippen LogP contribution in [-0.4, -0.2) is 12.2 Å². The van der Waals surface area contributed by atoms with Gasteiger partial charge in [0.2, 0.25) is 0 Å². The zero-order chi connectivity index (χ0) is 13.8. The highest BCUT2D eigenvalue weighted by Gasteiger charge is 2.12. The number of rotatable bonds is 4. The number of nitrogens with two attached hydrogens (primary N) is 1. The third-order valence-electron chi connectivity index (χ3n) is 2.98. The molecule has 0 aromatic heterocycles. The molecule has 1 unspecified atom stereocenters. The first-order valence-electron chi connectivity index (χ1n) is 5.96. The lowest BCUT2D eigenvalue weighted by molar-refractivity contribution is 0.177. The van der Waals surface area contributed by atoms with Crippen molar-refractivity contribution in [3.63, 3.8) is 0 Å². The average molecular weight is 278 g/mol. The minimum absolute atomic E-state index is 0.438. The summed E-state index contributed by atoms with van der Waals surface area (Å²) < 4.78 is 5.27. The lowest BCUT2D eigenvalue weighted by atomic mass is 10.0. The molecule has 0 saturated heterocycles. The molecular weight excluding hydrogens is 262 g/mol. The predicted octanol–water partition coefficient (Wildman–Crippen LogP) is 3.21. The first-order valence-corrected chi connectivity index (χ1v) is 6.34. The van der Waals surface area contributed by atoms with Crippen molar-refractivity contribution in [3.8, 4) is 5.75 Å². The lowest BCUT2D eigenvalue weighted by Crippen LogP contribution is -2.03. The second-order valence-corrected chi connectivity index (χ2v) is 4.78. The number of aliphatic hydroxyl groups excluding tert-OH is 1. The number of nitrogen functional groups attached to an aromatic ring is 1. The van der Waals surface area contributed by atoms with Crippen LogP contribution < -0.4 is 10.5 Å². The van der Waals surface area contributed by atoms with Crippen LogP contribution >= 0.6 is 11.6 Å². The van der Waals surface area contributed by atoms with Gasteiger partial charge in [-0.05, 0) is 41.5 Å². The van der Waals surface area contributed by atoms with Gasteiger partial charge in [-0.25, -0.2) is 0 Å². The maximum Gasteiger partial charge on any atom is 0.122 e. The van der Waals surface area contributed by atoms with Crippen LogP contribution in [0.5, 0.6) is 5.75 Å². The molecule has 4 heteroatoms. The Hall–Kier alpha value is -1.71. The van der Waals surface area contributed by atoms with Crippen LogP contribution in [0.4, 0.5) is 5.69 Å². The fourth-order valence-corrected chi connectivity index (χ4v) is 2.15. The molecule has 0 saturated carbocycles.